The number of carbonyl (C=O) groups is 2. The Morgan fingerprint density at radius 1 is 1.04 bits per heavy atom. The lowest BCUT2D eigenvalue weighted by atomic mass is 10.0. The first kappa shape index (κ1) is 15.1. The molecule has 2 aromatic carbocycles. The molecule has 0 saturated heterocycles. The van der Waals surface area contributed by atoms with Gasteiger partial charge in [-0.15, -0.1) is 0 Å². The molecule has 0 bridgehead atoms. The van der Waals surface area contributed by atoms with Crippen LogP contribution in [0.15, 0.2) is 54.6 Å². The normalized spacial score (nSPS) is 15.9. The quantitative estimate of drug-likeness (QED) is 0.908. The fourth-order valence-electron chi connectivity index (χ4n) is 2.59. The number of fused-ring (bicyclic) bond motifs is 1. The first-order chi connectivity index (χ1) is 11.2. The zero-order valence-corrected chi connectivity index (χ0v) is 12.6. The third-order valence-electron chi connectivity index (χ3n) is 3.74. The summed E-state index contributed by atoms with van der Waals surface area (Å²) in [6, 6.07) is 16.4. The van der Waals surface area contributed by atoms with Crippen molar-refractivity contribution in [1.29, 1.82) is 0 Å². The third-order valence-corrected chi connectivity index (χ3v) is 3.74. The van der Waals surface area contributed by atoms with Crippen molar-refractivity contribution in [2.75, 3.05) is 13.2 Å². The maximum Gasteiger partial charge on any atom is 0.251 e. The van der Waals surface area contributed by atoms with Gasteiger partial charge in [0, 0.05) is 17.5 Å². The van der Waals surface area contributed by atoms with E-state index in [-0.39, 0.29) is 24.4 Å². The lowest BCUT2D eigenvalue weighted by Crippen LogP contribution is -2.39. The molecule has 1 aliphatic rings. The average Bonchev–Trinajstić information content (AvgIpc) is 2.61. The molecule has 0 saturated carbocycles. The highest BCUT2D eigenvalue weighted by Crippen LogP contribution is 2.31. The maximum absolute atomic E-state index is 12.1. The maximum atomic E-state index is 12.1. The Labute approximate surface area is 134 Å². The zero-order valence-electron chi connectivity index (χ0n) is 12.6. The van der Waals surface area contributed by atoms with Crippen LogP contribution in [0.3, 0.4) is 0 Å². The van der Waals surface area contributed by atoms with Crippen LogP contribution in [-0.2, 0) is 4.79 Å². The first-order valence-electron chi connectivity index (χ1n) is 7.58. The van der Waals surface area contributed by atoms with Crippen LogP contribution >= 0.6 is 0 Å². The summed E-state index contributed by atoms with van der Waals surface area (Å²) >= 11 is 0. The Kier molecular flexibility index (Phi) is 4.57. The second-order valence-electron chi connectivity index (χ2n) is 5.34. The first-order valence-corrected chi connectivity index (χ1v) is 7.58. The van der Waals surface area contributed by atoms with Crippen LogP contribution in [0.1, 0.15) is 28.4 Å². The molecule has 2 amide bonds. The van der Waals surface area contributed by atoms with E-state index < -0.39 is 0 Å². The molecule has 2 N–H and O–H groups in total. The van der Waals surface area contributed by atoms with Gasteiger partial charge in [-0.3, -0.25) is 9.59 Å². The van der Waals surface area contributed by atoms with E-state index in [2.05, 4.69) is 10.6 Å². The number of para-hydroxylation sites is 1. The fourth-order valence-corrected chi connectivity index (χ4v) is 2.59. The van der Waals surface area contributed by atoms with Gasteiger partial charge in [-0.25, -0.2) is 0 Å². The van der Waals surface area contributed by atoms with Crippen molar-refractivity contribution in [3.8, 4) is 5.75 Å². The molecule has 0 aromatic heterocycles. The van der Waals surface area contributed by atoms with E-state index in [9.17, 15) is 9.59 Å². The number of nitrogens with one attached hydrogen (secondary N) is 2. The molecule has 1 heterocycles. The molecule has 5 nitrogen and oxygen atoms in total. The van der Waals surface area contributed by atoms with Crippen LogP contribution < -0.4 is 15.4 Å². The molecule has 0 fully saturated rings. The summed E-state index contributed by atoms with van der Waals surface area (Å²) in [5, 5.41) is 5.58. The summed E-state index contributed by atoms with van der Waals surface area (Å²) in [6.45, 7) is 0.519. The Hall–Kier alpha value is -2.82. The number of ether oxygens (including phenoxy) is 1. The van der Waals surface area contributed by atoms with Crippen LogP contribution in [0.25, 0.3) is 0 Å². The predicted molar refractivity (Wildman–Crippen MR) is 86.2 cm³/mol. The average molecular weight is 310 g/mol. The minimum atomic E-state index is -0.256. The number of carbonyl (C=O) groups excluding carboxylic acids is 2. The van der Waals surface area contributed by atoms with E-state index in [0.717, 1.165) is 17.7 Å². The van der Waals surface area contributed by atoms with Gasteiger partial charge in [-0.05, 0) is 18.2 Å². The SMILES string of the molecule is O=C(CNC(=O)c1ccccc1)N[C@H]1CCOc2ccccc21. The molecule has 1 aliphatic heterocycles. The van der Waals surface area contributed by atoms with Crippen LogP contribution in [0.4, 0.5) is 0 Å². The van der Waals surface area contributed by atoms with Crippen LogP contribution in [0.5, 0.6) is 5.75 Å². The Bertz CT molecular complexity index is 700. The lowest BCUT2D eigenvalue weighted by molar-refractivity contribution is -0.121. The van der Waals surface area contributed by atoms with Gasteiger partial charge < -0.3 is 15.4 Å². The monoisotopic (exact) mass is 310 g/mol. The zero-order chi connectivity index (χ0) is 16.1. The van der Waals surface area contributed by atoms with Crippen LogP contribution in [0, 0.1) is 0 Å². The van der Waals surface area contributed by atoms with Gasteiger partial charge >= 0.3 is 0 Å². The molecule has 2 aromatic rings. The highest BCUT2D eigenvalue weighted by Gasteiger charge is 2.22. The van der Waals surface area contributed by atoms with Gasteiger partial charge in [0.1, 0.15) is 5.75 Å². The van der Waals surface area contributed by atoms with Crippen LogP contribution in [0.2, 0.25) is 0 Å². The highest BCUT2D eigenvalue weighted by molar-refractivity contribution is 5.96. The fraction of sp³-hybridized carbons (Fsp3) is 0.222. The summed E-state index contributed by atoms with van der Waals surface area (Å²) in [6.07, 6.45) is 0.718. The van der Waals surface area contributed by atoms with Crippen molar-refractivity contribution in [2.45, 2.75) is 12.5 Å². The van der Waals surface area contributed by atoms with Crippen LogP contribution in [-0.4, -0.2) is 25.0 Å². The van der Waals surface area contributed by atoms with E-state index in [1.165, 1.54) is 0 Å². The predicted octanol–water partition coefficient (Wildman–Crippen LogP) is 2.06. The largest absolute Gasteiger partial charge is 0.493 e. The van der Waals surface area contributed by atoms with E-state index >= 15 is 0 Å². The molecular weight excluding hydrogens is 292 g/mol. The molecule has 23 heavy (non-hydrogen) atoms. The van der Waals surface area contributed by atoms with Gasteiger partial charge in [0.05, 0.1) is 19.2 Å². The summed E-state index contributed by atoms with van der Waals surface area (Å²) in [7, 11) is 0. The molecule has 3 rings (SSSR count). The molecule has 0 unspecified atom stereocenters. The number of amides is 2. The molecule has 0 radical (unpaired) electrons. The summed E-state index contributed by atoms with van der Waals surface area (Å²) in [4.78, 5) is 24.0. The number of hydrogen-bond acceptors (Lipinski definition) is 3. The number of benzene rings is 2. The van der Waals surface area contributed by atoms with Gasteiger partial charge in [-0.2, -0.15) is 0 Å². The lowest BCUT2D eigenvalue weighted by Gasteiger charge is -2.26. The van der Waals surface area contributed by atoms with Crippen molar-refractivity contribution < 1.29 is 14.3 Å². The van der Waals surface area contributed by atoms with Crippen molar-refractivity contribution >= 4 is 11.8 Å². The van der Waals surface area contributed by atoms with Crippen molar-refractivity contribution in [3.05, 3.63) is 65.7 Å². The molecule has 0 spiro atoms. The summed E-state index contributed by atoms with van der Waals surface area (Å²) < 4.78 is 5.57. The summed E-state index contributed by atoms with van der Waals surface area (Å²) in [5.41, 5.74) is 1.51. The van der Waals surface area contributed by atoms with Gasteiger partial charge in [0.15, 0.2) is 0 Å². The molecule has 1 atom stereocenters. The van der Waals surface area contributed by atoms with Gasteiger partial charge in [0.2, 0.25) is 5.91 Å². The van der Waals surface area contributed by atoms with Crippen molar-refractivity contribution in [3.63, 3.8) is 0 Å². The van der Waals surface area contributed by atoms with E-state index in [1.807, 2.05) is 30.3 Å². The molecule has 118 valence electrons. The van der Waals surface area contributed by atoms with E-state index in [1.54, 1.807) is 24.3 Å². The molecule has 5 heteroatoms. The molecular formula is C18H18N2O3. The van der Waals surface area contributed by atoms with Gasteiger partial charge in [-0.1, -0.05) is 36.4 Å². The van der Waals surface area contributed by atoms with Gasteiger partial charge in [0.25, 0.3) is 5.91 Å². The Morgan fingerprint density at radius 2 is 1.78 bits per heavy atom. The topological polar surface area (TPSA) is 67.4 Å². The van der Waals surface area contributed by atoms with Crippen molar-refractivity contribution in [1.82, 2.24) is 10.6 Å². The smallest absolute Gasteiger partial charge is 0.251 e. The Morgan fingerprint density at radius 3 is 2.61 bits per heavy atom. The Balaban J connectivity index is 1.55. The minimum absolute atomic E-state index is 0.0484. The second kappa shape index (κ2) is 6.96. The number of hydrogen-bond donors (Lipinski definition) is 2. The highest BCUT2D eigenvalue weighted by atomic mass is 16.5. The van der Waals surface area contributed by atoms with E-state index in [0.29, 0.717) is 12.2 Å². The molecule has 0 aliphatic carbocycles. The van der Waals surface area contributed by atoms with Crippen molar-refractivity contribution in [2.24, 2.45) is 0 Å². The summed E-state index contributed by atoms with van der Waals surface area (Å²) in [5.74, 6) is 0.335. The third kappa shape index (κ3) is 3.69. The number of rotatable bonds is 4. The standard InChI is InChI=1S/C18H18N2O3/c21-17(12-19-18(22)13-6-2-1-3-7-13)20-15-10-11-23-16-9-5-4-8-14(15)16/h1-9,15H,10-12H2,(H,19,22)(H,20,21)/t15-/m0/s1. The van der Waals surface area contributed by atoms with E-state index in [4.69, 9.17) is 4.74 Å². The minimum Gasteiger partial charge on any atom is -0.493 e. The second-order valence-corrected chi connectivity index (χ2v) is 5.34.